The SMILES string of the molecule is CCCCO[Si](OCCCC)(OCCCC)C(CCCC)SC(CCCC)[Si](OCCCC)(OCCCC)OCCCC. The van der Waals surface area contributed by atoms with Crippen molar-refractivity contribution in [2.24, 2.45) is 0 Å². The van der Waals surface area contributed by atoms with Crippen molar-refractivity contribution in [2.75, 3.05) is 39.6 Å². The molecule has 43 heavy (non-hydrogen) atoms. The van der Waals surface area contributed by atoms with Gasteiger partial charge < -0.3 is 26.6 Å². The van der Waals surface area contributed by atoms with Gasteiger partial charge in [0, 0.05) is 39.6 Å². The summed E-state index contributed by atoms with van der Waals surface area (Å²) in [6.07, 6.45) is 19.2. The van der Waals surface area contributed by atoms with Gasteiger partial charge in [-0.2, -0.15) is 0 Å². The lowest BCUT2D eigenvalue weighted by atomic mass is 10.3. The Kier molecular flexibility index (Phi) is 30.3. The van der Waals surface area contributed by atoms with E-state index in [1.807, 2.05) is 11.8 Å². The molecule has 0 aliphatic rings. The molecule has 0 aromatic rings. The molecule has 0 aromatic heterocycles. The molecular weight excluding hydrogens is 593 g/mol. The highest BCUT2D eigenvalue weighted by molar-refractivity contribution is 8.03. The van der Waals surface area contributed by atoms with E-state index < -0.39 is 17.6 Å². The van der Waals surface area contributed by atoms with Gasteiger partial charge >= 0.3 is 17.6 Å². The van der Waals surface area contributed by atoms with Crippen molar-refractivity contribution in [1.29, 1.82) is 0 Å². The molecule has 0 spiro atoms. The van der Waals surface area contributed by atoms with Crippen LogP contribution < -0.4 is 0 Å². The second kappa shape index (κ2) is 29.9. The van der Waals surface area contributed by atoms with Gasteiger partial charge in [0.25, 0.3) is 0 Å². The maximum atomic E-state index is 6.90. The quantitative estimate of drug-likeness (QED) is 0.0500. The van der Waals surface area contributed by atoms with Gasteiger partial charge in [-0.1, -0.05) is 120 Å². The van der Waals surface area contributed by atoms with E-state index in [-0.39, 0.29) is 9.75 Å². The lowest BCUT2D eigenvalue weighted by molar-refractivity contribution is 0.0520. The van der Waals surface area contributed by atoms with Crippen LogP contribution in [0.25, 0.3) is 0 Å². The van der Waals surface area contributed by atoms with Crippen LogP contribution in [0.1, 0.15) is 171 Å². The zero-order chi connectivity index (χ0) is 32.1. The van der Waals surface area contributed by atoms with Gasteiger partial charge in [-0.15, -0.1) is 11.8 Å². The van der Waals surface area contributed by atoms with Gasteiger partial charge in [-0.05, 0) is 51.4 Å². The highest BCUT2D eigenvalue weighted by Crippen LogP contribution is 2.40. The first-order valence-electron chi connectivity index (χ1n) is 18.5. The molecule has 0 radical (unpaired) electrons. The fourth-order valence-electron chi connectivity index (χ4n) is 4.59. The third kappa shape index (κ3) is 19.1. The van der Waals surface area contributed by atoms with Crippen LogP contribution in [0.3, 0.4) is 0 Å². The van der Waals surface area contributed by atoms with Crippen LogP contribution in [-0.4, -0.2) is 67.0 Å². The maximum Gasteiger partial charge on any atom is 0.514 e. The van der Waals surface area contributed by atoms with Crippen molar-refractivity contribution in [2.45, 2.75) is 181 Å². The number of rotatable bonds is 34. The summed E-state index contributed by atoms with van der Waals surface area (Å²) >= 11 is 2.01. The molecule has 2 atom stereocenters. The van der Waals surface area contributed by atoms with Crippen molar-refractivity contribution < 1.29 is 26.6 Å². The first-order valence-corrected chi connectivity index (χ1v) is 23.0. The van der Waals surface area contributed by atoms with Gasteiger partial charge in [0.2, 0.25) is 0 Å². The minimum atomic E-state index is -3.05. The first-order chi connectivity index (χ1) is 21.0. The Morgan fingerprint density at radius 1 is 0.349 bits per heavy atom. The van der Waals surface area contributed by atoms with Crippen LogP contribution in [-0.2, 0) is 26.6 Å². The third-order valence-electron chi connectivity index (χ3n) is 7.56. The third-order valence-corrected chi connectivity index (χ3v) is 17.0. The molecule has 0 fully saturated rings. The van der Waals surface area contributed by atoms with Crippen LogP contribution in [0.5, 0.6) is 0 Å². The van der Waals surface area contributed by atoms with Crippen LogP contribution >= 0.6 is 11.8 Å². The van der Waals surface area contributed by atoms with Crippen LogP contribution in [0, 0.1) is 0 Å². The maximum absolute atomic E-state index is 6.90. The molecule has 0 N–H and O–H groups in total. The molecule has 0 aliphatic carbocycles. The topological polar surface area (TPSA) is 55.4 Å². The fraction of sp³-hybridized carbons (Fsp3) is 1.00. The van der Waals surface area contributed by atoms with E-state index in [1.165, 1.54) is 0 Å². The molecule has 2 unspecified atom stereocenters. The van der Waals surface area contributed by atoms with Crippen molar-refractivity contribution in [1.82, 2.24) is 0 Å². The molecular formula is C34H74O6SSi2. The zero-order valence-electron chi connectivity index (χ0n) is 30.0. The molecule has 0 saturated heterocycles. The number of thioether (sulfide) groups is 1. The summed E-state index contributed by atoms with van der Waals surface area (Å²) in [4.78, 5) is 0.261. The monoisotopic (exact) mass is 666 g/mol. The summed E-state index contributed by atoms with van der Waals surface area (Å²) in [6.45, 7) is 22.1. The molecule has 0 rings (SSSR count). The largest absolute Gasteiger partial charge is 0.514 e. The van der Waals surface area contributed by atoms with Gasteiger partial charge in [0.1, 0.15) is 0 Å². The van der Waals surface area contributed by atoms with E-state index in [9.17, 15) is 0 Å². The second-order valence-electron chi connectivity index (χ2n) is 11.8. The van der Waals surface area contributed by atoms with Crippen molar-refractivity contribution in [3.05, 3.63) is 0 Å². The molecule has 9 heteroatoms. The zero-order valence-corrected chi connectivity index (χ0v) is 32.8. The molecule has 6 nitrogen and oxygen atoms in total. The van der Waals surface area contributed by atoms with Crippen LogP contribution in [0.4, 0.5) is 0 Å². The van der Waals surface area contributed by atoms with Gasteiger partial charge in [-0.3, -0.25) is 0 Å². The Bertz CT molecular complexity index is 488. The van der Waals surface area contributed by atoms with Gasteiger partial charge in [0.15, 0.2) is 0 Å². The highest BCUT2D eigenvalue weighted by atomic mass is 32.2. The average Bonchev–Trinajstić information content (AvgIpc) is 3.01. The molecule has 260 valence electrons. The Balaban J connectivity index is 6.83. The van der Waals surface area contributed by atoms with Crippen LogP contribution in [0.2, 0.25) is 0 Å². The normalized spacial score (nSPS) is 14.0. The van der Waals surface area contributed by atoms with E-state index in [0.717, 1.165) is 116 Å². The van der Waals surface area contributed by atoms with E-state index in [4.69, 9.17) is 26.6 Å². The Labute approximate surface area is 275 Å². The smallest absolute Gasteiger partial charge is 0.373 e. The van der Waals surface area contributed by atoms with Crippen molar-refractivity contribution in [3.63, 3.8) is 0 Å². The minimum Gasteiger partial charge on any atom is -0.373 e. The summed E-state index contributed by atoms with van der Waals surface area (Å²) < 4.78 is 41.4. The number of hydrogen-bond donors (Lipinski definition) is 0. The lowest BCUT2D eigenvalue weighted by Gasteiger charge is -2.41. The Morgan fingerprint density at radius 2 is 0.558 bits per heavy atom. The average molecular weight is 667 g/mol. The molecule has 0 heterocycles. The standard InChI is InChI=1S/C34H74O6SSi2/c1-9-17-25-33(42(35-27-19-11-3,36-28-20-12-4)37-29-21-13-5)41-34(26-18-10-2)43(38-30-22-14-6,39-31-23-15-7)40-32-24-16-8/h33-34H,9-32H2,1-8H3. The minimum absolute atomic E-state index is 0.131. The second-order valence-corrected chi connectivity index (χ2v) is 19.6. The molecule has 0 saturated carbocycles. The van der Waals surface area contributed by atoms with Crippen molar-refractivity contribution in [3.8, 4) is 0 Å². The summed E-state index contributed by atoms with van der Waals surface area (Å²) in [7, 11) is -6.10. The van der Waals surface area contributed by atoms with E-state index >= 15 is 0 Å². The number of hydrogen-bond acceptors (Lipinski definition) is 7. The number of unbranched alkanes of at least 4 members (excludes halogenated alkanes) is 8. The summed E-state index contributed by atoms with van der Waals surface area (Å²) in [5, 5.41) is 0. The molecule has 0 bridgehead atoms. The molecule has 0 aliphatic heterocycles. The predicted molar refractivity (Wildman–Crippen MR) is 191 cm³/mol. The van der Waals surface area contributed by atoms with E-state index in [2.05, 4.69) is 55.4 Å². The highest BCUT2D eigenvalue weighted by Gasteiger charge is 2.56. The summed E-state index contributed by atoms with van der Waals surface area (Å²) in [6, 6.07) is 0. The van der Waals surface area contributed by atoms with Crippen molar-refractivity contribution >= 4 is 29.4 Å². The first kappa shape index (κ1) is 43.5. The Morgan fingerprint density at radius 3 is 0.744 bits per heavy atom. The summed E-state index contributed by atoms with van der Waals surface area (Å²) in [5.74, 6) is 0. The predicted octanol–water partition coefficient (Wildman–Crippen LogP) is 10.7. The summed E-state index contributed by atoms with van der Waals surface area (Å²) in [5.41, 5.74) is 0. The lowest BCUT2D eigenvalue weighted by Crippen LogP contribution is -2.60. The fourth-order valence-corrected chi connectivity index (χ4v) is 14.9. The van der Waals surface area contributed by atoms with Gasteiger partial charge in [0.05, 0.1) is 9.75 Å². The van der Waals surface area contributed by atoms with E-state index in [1.54, 1.807) is 0 Å². The van der Waals surface area contributed by atoms with Gasteiger partial charge in [-0.25, -0.2) is 0 Å². The van der Waals surface area contributed by atoms with E-state index in [0.29, 0.717) is 39.6 Å². The Hall–Kier alpha value is 0.544. The molecule has 0 aromatic carbocycles. The molecule has 0 amide bonds. The van der Waals surface area contributed by atoms with Crippen LogP contribution in [0.15, 0.2) is 0 Å².